The zero-order chi connectivity index (χ0) is 25.0. The molecule has 0 saturated carbocycles. The number of hydrogen-bond donors (Lipinski definition) is 1. The summed E-state index contributed by atoms with van der Waals surface area (Å²) >= 11 is 0. The van der Waals surface area contributed by atoms with E-state index >= 15 is 0 Å². The van der Waals surface area contributed by atoms with Crippen LogP contribution in [0.25, 0.3) is 10.8 Å². The summed E-state index contributed by atoms with van der Waals surface area (Å²) < 4.78 is 5.93. The zero-order valence-electron chi connectivity index (χ0n) is 20.4. The molecule has 1 atom stereocenters. The van der Waals surface area contributed by atoms with Crippen molar-refractivity contribution in [3.8, 4) is 0 Å². The monoisotopic (exact) mass is 477 g/mol. The molecule has 3 amide bonds. The van der Waals surface area contributed by atoms with Crippen LogP contribution in [0.4, 0.5) is 11.4 Å². The Kier molecular flexibility index (Phi) is 5.67. The van der Waals surface area contributed by atoms with E-state index in [1.54, 1.807) is 12.0 Å². The fraction of sp³-hybridized carbons (Fsp3) is 0.481. The number of methoxy groups -OCH3 is 1. The second kappa shape index (κ2) is 8.45. The maximum absolute atomic E-state index is 13.6. The van der Waals surface area contributed by atoms with E-state index in [1.807, 2.05) is 38.1 Å². The molecule has 2 fully saturated rings. The van der Waals surface area contributed by atoms with E-state index in [4.69, 9.17) is 4.74 Å². The second-order valence-corrected chi connectivity index (χ2v) is 10.7. The Morgan fingerprint density at radius 1 is 1.17 bits per heavy atom. The van der Waals surface area contributed by atoms with Crippen LogP contribution in [-0.2, 0) is 19.1 Å². The van der Waals surface area contributed by atoms with Crippen LogP contribution in [0.2, 0.25) is 0 Å². The molecular weight excluding hydrogens is 446 g/mol. The lowest BCUT2D eigenvalue weighted by Gasteiger charge is -2.44. The standard InChI is InChI=1S/C27H31N3O5/c1-26(2,16-31)15-27(35-3)9-11-29(12-10-27)18-13-17-5-4-6-20-23(17)19(14-18)25(34)30(20)21-7-8-22(32)28-24(21)33/h4-6,13-14,16,21H,7-12,15H2,1-3H3,(H,28,32,33). The number of ether oxygens (including phenoxy) is 1. The second-order valence-electron chi connectivity index (χ2n) is 10.7. The van der Waals surface area contributed by atoms with Crippen molar-refractivity contribution in [3.05, 3.63) is 35.9 Å². The highest BCUT2D eigenvalue weighted by Gasteiger charge is 2.42. The highest BCUT2D eigenvalue weighted by Crippen LogP contribution is 2.43. The van der Waals surface area contributed by atoms with Crippen LogP contribution in [0.3, 0.4) is 0 Å². The number of nitrogens with zero attached hydrogens (tertiary/aromatic N) is 2. The van der Waals surface area contributed by atoms with E-state index in [0.29, 0.717) is 18.4 Å². The van der Waals surface area contributed by atoms with Gasteiger partial charge in [0, 0.05) is 43.1 Å². The third-order valence-electron chi connectivity index (χ3n) is 7.74. The number of rotatable bonds is 6. The minimum atomic E-state index is -0.694. The van der Waals surface area contributed by atoms with Crippen molar-refractivity contribution in [1.29, 1.82) is 0 Å². The molecular formula is C27H31N3O5. The van der Waals surface area contributed by atoms with Crippen LogP contribution in [0, 0.1) is 5.41 Å². The van der Waals surface area contributed by atoms with Gasteiger partial charge in [-0.2, -0.15) is 0 Å². The Morgan fingerprint density at radius 3 is 2.57 bits per heavy atom. The largest absolute Gasteiger partial charge is 0.378 e. The van der Waals surface area contributed by atoms with Crippen molar-refractivity contribution in [2.24, 2.45) is 5.41 Å². The summed E-state index contributed by atoms with van der Waals surface area (Å²) in [4.78, 5) is 53.1. The van der Waals surface area contributed by atoms with Gasteiger partial charge in [-0.1, -0.05) is 26.0 Å². The molecule has 1 unspecified atom stereocenters. The lowest BCUT2D eigenvalue weighted by Crippen LogP contribution is -2.53. The topological polar surface area (TPSA) is 96.0 Å². The molecule has 3 aliphatic rings. The zero-order valence-corrected chi connectivity index (χ0v) is 20.4. The highest BCUT2D eigenvalue weighted by atomic mass is 16.5. The normalized spacial score (nSPS) is 22.0. The summed E-state index contributed by atoms with van der Waals surface area (Å²) in [6, 6.07) is 9.08. The molecule has 2 aromatic rings. The number of piperidine rings is 2. The number of carbonyl (C=O) groups is 4. The molecule has 8 nitrogen and oxygen atoms in total. The number of aldehydes is 1. The summed E-state index contributed by atoms with van der Waals surface area (Å²) in [6.45, 7) is 5.38. The van der Waals surface area contributed by atoms with Crippen LogP contribution in [0.15, 0.2) is 30.3 Å². The Balaban J connectivity index is 1.43. The van der Waals surface area contributed by atoms with Crippen molar-refractivity contribution in [2.75, 3.05) is 30.0 Å². The molecule has 8 heteroatoms. The molecule has 184 valence electrons. The molecule has 5 rings (SSSR count). The average Bonchev–Trinajstić information content (AvgIpc) is 3.12. The third kappa shape index (κ3) is 3.99. The molecule has 1 N–H and O–H groups in total. The predicted octanol–water partition coefficient (Wildman–Crippen LogP) is 3.21. The van der Waals surface area contributed by atoms with Gasteiger partial charge in [-0.15, -0.1) is 0 Å². The first-order chi connectivity index (χ1) is 16.7. The van der Waals surface area contributed by atoms with Crippen LogP contribution >= 0.6 is 0 Å². The minimum absolute atomic E-state index is 0.205. The molecule has 0 aromatic heterocycles. The Labute approximate surface area is 204 Å². The van der Waals surface area contributed by atoms with Gasteiger partial charge >= 0.3 is 0 Å². The van der Waals surface area contributed by atoms with Gasteiger partial charge in [0.2, 0.25) is 11.8 Å². The van der Waals surface area contributed by atoms with E-state index < -0.39 is 17.4 Å². The summed E-state index contributed by atoms with van der Waals surface area (Å²) in [6.07, 6.45) is 3.76. The van der Waals surface area contributed by atoms with Gasteiger partial charge < -0.3 is 14.4 Å². The quantitative estimate of drug-likeness (QED) is 0.507. The number of benzene rings is 2. The smallest absolute Gasteiger partial charge is 0.259 e. The highest BCUT2D eigenvalue weighted by molar-refractivity contribution is 6.27. The fourth-order valence-electron chi connectivity index (χ4n) is 5.92. The van der Waals surface area contributed by atoms with Crippen LogP contribution in [0.1, 0.15) is 56.3 Å². The number of nitrogens with one attached hydrogen (secondary N) is 1. The number of imide groups is 1. The maximum Gasteiger partial charge on any atom is 0.259 e. The van der Waals surface area contributed by atoms with E-state index in [1.165, 1.54) is 0 Å². The molecule has 0 spiro atoms. The molecule has 0 aliphatic carbocycles. The van der Waals surface area contributed by atoms with Crippen molar-refractivity contribution in [3.63, 3.8) is 0 Å². The number of anilines is 2. The predicted molar refractivity (Wildman–Crippen MR) is 133 cm³/mol. The van der Waals surface area contributed by atoms with E-state index in [-0.39, 0.29) is 23.8 Å². The van der Waals surface area contributed by atoms with Crippen LogP contribution < -0.4 is 15.1 Å². The molecule has 0 bridgehead atoms. The average molecular weight is 478 g/mol. The maximum atomic E-state index is 13.6. The van der Waals surface area contributed by atoms with Crippen LogP contribution in [0.5, 0.6) is 0 Å². The SMILES string of the molecule is COC1(CC(C)(C)C=O)CCN(c2cc3c4c(cccc4c2)N(C2CCC(=O)NC2=O)C3=O)CC1. The summed E-state index contributed by atoms with van der Waals surface area (Å²) in [5, 5.41) is 4.17. The lowest BCUT2D eigenvalue weighted by molar-refractivity contribution is -0.134. The van der Waals surface area contributed by atoms with Gasteiger partial charge in [0.1, 0.15) is 12.3 Å². The molecule has 3 heterocycles. The fourth-order valence-corrected chi connectivity index (χ4v) is 5.92. The van der Waals surface area contributed by atoms with Crippen molar-refractivity contribution in [1.82, 2.24) is 5.32 Å². The first kappa shape index (κ1) is 23.5. The molecule has 35 heavy (non-hydrogen) atoms. The van der Waals surface area contributed by atoms with Crippen molar-refractivity contribution >= 4 is 46.2 Å². The van der Waals surface area contributed by atoms with Gasteiger partial charge in [-0.3, -0.25) is 24.6 Å². The van der Waals surface area contributed by atoms with Gasteiger partial charge in [0.15, 0.2) is 0 Å². The molecule has 0 radical (unpaired) electrons. The third-order valence-corrected chi connectivity index (χ3v) is 7.74. The Morgan fingerprint density at radius 2 is 1.91 bits per heavy atom. The molecule has 3 aliphatic heterocycles. The molecule has 2 aromatic carbocycles. The summed E-state index contributed by atoms with van der Waals surface area (Å²) in [5.74, 6) is -0.932. The van der Waals surface area contributed by atoms with Crippen LogP contribution in [-0.4, -0.2) is 55.8 Å². The van der Waals surface area contributed by atoms with Gasteiger partial charge in [-0.05, 0) is 49.3 Å². The number of carbonyl (C=O) groups excluding carboxylic acids is 4. The molecule has 2 saturated heterocycles. The van der Waals surface area contributed by atoms with Gasteiger partial charge in [-0.25, -0.2) is 0 Å². The van der Waals surface area contributed by atoms with Crippen molar-refractivity contribution < 1.29 is 23.9 Å². The number of amides is 3. The van der Waals surface area contributed by atoms with Crippen molar-refractivity contribution in [2.45, 2.75) is 57.6 Å². The minimum Gasteiger partial charge on any atom is -0.378 e. The summed E-state index contributed by atoms with van der Waals surface area (Å²) in [7, 11) is 1.72. The number of hydrogen-bond acceptors (Lipinski definition) is 6. The van der Waals surface area contributed by atoms with E-state index in [9.17, 15) is 19.2 Å². The first-order valence-corrected chi connectivity index (χ1v) is 12.2. The first-order valence-electron chi connectivity index (χ1n) is 12.2. The summed E-state index contributed by atoms with van der Waals surface area (Å²) in [5.41, 5.74) is 1.47. The Hall–Kier alpha value is -3.26. The van der Waals surface area contributed by atoms with E-state index in [0.717, 1.165) is 54.4 Å². The van der Waals surface area contributed by atoms with Gasteiger partial charge in [0.25, 0.3) is 5.91 Å². The van der Waals surface area contributed by atoms with E-state index in [2.05, 4.69) is 16.3 Å². The Bertz CT molecular complexity index is 1230. The lowest BCUT2D eigenvalue weighted by atomic mass is 9.76. The van der Waals surface area contributed by atoms with Gasteiger partial charge in [0.05, 0.1) is 16.9 Å².